The third kappa shape index (κ3) is 1.38. The van der Waals surface area contributed by atoms with Crippen LogP contribution in [0.3, 0.4) is 0 Å². The number of rotatable bonds is 2. The number of nitrogen functional groups attached to an aromatic ring is 1. The summed E-state index contributed by atoms with van der Waals surface area (Å²) in [6, 6.07) is 5.12. The van der Waals surface area contributed by atoms with Gasteiger partial charge in [0, 0.05) is 10.9 Å². The largest absolute Gasteiger partial charge is 0.497 e. The van der Waals surface area contributed by atoms with Crippen LogP contribution in [0.1, 0.15) is 10.4 Å². The number of ether oxygens (including phenoxy) is 1. The fourth-order valence-electron chi connectivity index (χ4n) is 1.55. The van der Waals surface area contributed by atoms with Crippen molar-refractivity contribution in [3.8, 4) is 5.75 Å². The smallest absolute Gasteiger partial charge is 0.340 e. The normalized spacial score (nSPS) is 10.5. The molecule has 78 valence electrons. The van der Waals surface area contributed by atoms with Crippen LogP contribution in [0, 0.1) is 0 Å². The van der Waals surface area contributed by atoms with Gasteiger partial charge in [-0.25, -0.2) is 4.79 Å². The van der Waals surface area contributed by atoms with E-state index in [9.17, 15) is 4.79 Å². The molecule has 0 aliphatic rings. The molecule has 0 aliphatic carbocycles. The second-order valence-electron chi connectivity index (χ2n) is 3.13. The van der Waals surface area contributed by atoms with Gasteiger partial charge in [0.15, 0.2) is 0 Å². The van der Waals surface area contributed by atoms with E-state index in [0.717, 1.165) is 0 Å². The number of H-pyrrole nitrogens is 1. The molecule has 0 saturated heterocycles. The van der Waals surface area contributed by atoms with Crippen molar-refractivity contribution in [3.63, 3.8) is 0 Å². The maximum Gasteiger partial charge on any atom is 0.340 e. The van der Waals surface area contributed by atoms with E-state index in [1.165, 1.54) is 7.11 Å². The number of aromatic carboxylic acids is 1. The van der Waals surface area contributed by atoms with Gasteiger partial charge in [-0.15, -0.1) is 0 Å². The van der Waals surface area contributed by atoms with Crippen molar-refractivity contribution in [2.45, 2.75) is 0 Å². The molecule has 0 bridgehead atoms. The van der Waals surface area contributed by atoms with Crippen LogP contribution in [0.5, 0.6) is 5.75 Å². The highest BCUT2D eigenvalue weighted by Gasteiger charge is 2.15. The minimum Gasteiger partial charge on any atom is -0.497 e. The van der Waals surface area contributed by atoms with Crippen LogP contribution in [0.15, 0.2) is 18.2 Å². The third-order valence-electron chi connectivity index (χ3n) is 2.25. The highest BCUT2D eigenvalue weighted by Crippen LogP contribution is 2.27. The van der Waals surface area contributed by atoms with Crippen molar-refractivity contribution in [3.05, 3.63) is 23.8 Å². The number of carbonyl (C=O) groups is 1. The average Bonchev–Trinajstić information content (AvgIpc) is 2.52. The summed E-state index contributed by atoms with van der Waals surface area (Å²) in [5, 5.41) is 9.53. The summed E-state index contributed by atoms with van der Waals surface area (Å²) < 4.78 is 5.02. The Bertz CT molecular complexity index is 531. The van der Waals surface area contributed by atoms with Crippen molar-refractivity contribution in [2.75, 3.05) is 12.8 Å². The Kier molecular flexibility index (Phi) is 2.00. The summed E-state index contributed by atoms with van der Waals surface area (Å²) in [5.41, 5.74) is 6.34. The summed E-state index contributed by atoms with van der Waals surface area (Å²) in [6.45, 7) is 0. The number of methoxy groups -OCH3 is 1. The standard InChI is InChI=1S/C10H10N2O3/c1-15-5-2-3-7-6(4-5)8(10(13)14)9(11)12-7/h2-4,12H,11H2,1H3,(H,13,14). The zero-order valence-corrected chi connectivity index (χ0v) is 8.07. The summed E-state index contributed by atoms with van der Waals surface area (Å²) >= 11 is 0. The van der Waals surface area contributed by atoms with E-state index < -0.39 is 5.97 Å². The molecule has 2 aromatic rings. The molecule has 5 heteroatoms. The fraction of sp³-hybridized carbons (Fsp3) is 0.100. The lowest BCUT2D eigenvalue weighted by atomic mass is 10.1. The Balaban J connectivity index is 2.77. The fourth-order valence-corrected chi connectivity index (χ4v) is 1.55. The summed E-state index contributed by atoms with van der Waals surface area (Å²) in [6.07, 6.45) is 0. The predicted molar refractivity (Wildman–Crippen MR) is 56.2 cm³/mol. The Labute approximate surface area is 85.5 Å². The predicted octanol–water partition coefficient (Wildman–Crippen LogP) is 1.46. The van der Waals surface area contributed by atoms with Crippen molar-refractivity contribution in [1.82, 2.24) is 4.98 Å². The van der Waals surface area contributed by atoms with E-state index in [0.29, 0.717) is 16.7 Å². The van der Waals surface area contributed by atoms with Crippen LogP contribution in [-0.2, 0) is 0 Å². The minimum atomic E-state index is -1.05. The first-order chi connectivity index (χ1) is 7.13. The molecule has 0 amide bonds. The van der Waals surface area contributed by atoms with Crippen molar-refractivity contribution < 1.29 is 14.6 Å². The van der Waals surface area contributed by atoms with E-state index in [-0.39, 0.29) is 11.4 Å². The lowest BCUT2D eigenvalue weighted by molar-refractivity contribution is 0.0700. The van der Waals surface area contributed by atoms with Gasteiger partial charge in [0.05, 0.1) is 7.11 Å². The van der Waals surface area contributed by atoms with E-state index in [1.54, 1.807) is 18.2 Å². The molecule has 0 radical (unpaired) electrons. The SMILES string of the molecule is COc1ccc2[nH]c(N)c(C(=O)O)c2c1. The third-order valence-corrected chi connectivity index (χ3v) is 2.25. The molecule has 0 unspecified atom stereocenters. The van der Waals surface area contributed by atoms with Gasteiger partial charge in [-0.05, 0) is 18.2 Å². The van der Waals surface area contributed by atoms with Crippen LogP contribution in [-0.4, -0.2) is 23.2 Å². The van der Waals surface area contributed by atoms with Crippen LogP contribution >= 0.6 is 0 Å². The van der Waals surface area contributed by atoms with Gasteiger partial charge in [-0.1, -0.05) is 0 Å². The number of carboxylic acid groups (broad SMARTS) is 1. The van der Waals surface area contributed by atoms with E-state index in [1.807, 2.05) is 0 Å². The number of nitrogens with two attached hydrogens (primary N) is 1. The topological polar surface area (TPSA) is 88.3 Å². The van der Waals surface area contributed by atoms with Gasteiger partial charge in [-0.3, -0.25) is 0 Å². The number of anilines is 1. The lowest BCUT2D eigenvalue weighted by Crippen LogP contribution is -1.99. The van der Waals surface area contributed by atoms with Crippen LogP contribution < -0.4 is 10.5 Å². The molecule has 5 nitrogen and oxygen atoms in total. The van der Waals surface area contributed by atoms with E-state index in [2.05, 4.69) is 4.98 Å². The number of benzene rings is 1. The van der Waals surface area contributed by atoms with E-state index in [4.69, 9.17) is 15.6 Å². The van der Waals surface area contributed by atoms with Gasteiger partial charge < -0.3 is 20.6 Å². The second-order valence-corrected chi connectivity index (χ2v) is 3.13. The lowest BCUT2D eigenvalue weighted by Gasteiger charge is -1.99. The zero-order valence-electron chi connectivity index (χ0n) is 8.07. The molecule has 4 N–H and O–H groups in total. The first-order valence-electron chi connectivity index (χ1n) is 4.32. The number of hydrogen-bond donors (Lipinski definition) is 3. The average molecular weight is 206 g/mol. The first kappa shape index (κ1) is 9.39. The van der Waals surface area contributed by atoms with Crippen molar-refractivity contribution in [1.29, 1.82) is 0 Å². The summed E-state index contributed by atoms with van der Waals surface area (Å²) in [7, 11) is 1.53. The Morgan fingerprint density at radius 3 is 2.87 bits per heavy atom. The van der Waals surface area contributed by atoms with Gasteiger partial charge in [-0.2, -0.15) is 0 Å². The van der Waals surface area contributed by atoms with Crippen LogP contribution in [0.4, 0.5) is 5.82 Å². The molecule has 1 heterocycles. The summed E-state index contributed by atoms with van der Waals surface area (Å²) in [4.78, 5) is 13.8. The minimum absolute atomic E-state index is 0.0869. The Morgan fingerprint density at radius 2 is 2.27 bits per heavy atom. The number of carboxylic acids is 1. The van der Waals surface area contributed by atoms with Gasteiger partial charge in [0.1, 0.15) is 17.1 Å². The number of nitrogens with one attached hydrogen (secondary N) is 1. The molecule has 1 aromatic heterocycles. The van der Waals surface area contributed by atoms with E-state index >= 15 is 0 Å². The van der Waals surface area contributed by atoms with Gasteiger partial charge in [0.25, 0.3) is 0 Å². The number of aromatic nitrogens is 1. The highest BCUT2D eigenvalue weighted by atomic mass is 16.5. The maximum absolute atomic E-state index is 11.0. The van der Waals surface area contributed by atoms with Gasteiger partial charge >= 0.3 is 5.97 Å². The van der Waals surface area contributed by atoms with Crippen molar-refractivity contribution >= 4 is 22.7 Å². The van der Waals surface area contributed by atoms with Crippen LogP contribution in [0.25, 0.3) is 10.9 Å². The van der Waals surface area contributed by atoms with Crippen molar-refractivity contribution in [2.24, 2.45) is 0 Å². The molecule has 0 saturated carbocycles. The molecule has 0 spiro atoms. The molecular weight excluding hydrogens is 196 g/mol. The summed E-state index contributed by atoms with van der Waals surface area (Å²) in [5.74, 6) is -0.290. The molecule has 0 atom stereocenters. The molecule has 2 rings (SSSR count). The Morgan fingerprint density at radius 1 is 1.53 bits per heavy atom. The molecular formula is C10H10N2O3. The second kappa shape index (κ2) is 3.20. The maximum atomic E-state index is 11.0. The number of hydrogen-bond acceptors (Lipinski definition) is 3. The quantitative estimate of drug-likeness (QED) is 0.694. The monoisotopic (exact) mass is 206 g/mol. The van der Waals surface area contributed by atoms with Gasteiger partial charge in [0.2, 0.25) is 0 Å². The van der Waals surface area contributed by atoms with Crippen LogP contribution in [0.2, 0.25) is 0 Å². The first-order valence-corrected chi connectivity index (χ1v) is 4.32. The Hall–Kier alpha value is -2.17. The molecule has 15 heavy (non-hydrogen) atoms. The molecule has 0 aliphatic heterocycles. The molecule has 1 aromatic carbocycles. The number of aromatic amines is 1. The highest BCUT2D eigenvalue weighted by molar-refractivity contribution is 6.08. The number of fused-ring (bicyclic) bond motifs is 1. The molecule has 0 fully saturated rings. The zero-order chi connectivity index (χ0) is 11.0.